The maximum atomic E-state index is 12.6. The molecule has 1 heterocycles. The molecule has 4 nitrogen and oxygen atoms in total. The molecule has 1 aliphatic rings. The Hall–Kier alpha value is -1.72. The Kier molecular flexibility index (Phi) is 5.08. The summed E-state index contributed by atoms with van der Waals surface area (Å²) < 4.78 is 0. The van der Waals surface area contributed by atoms with Gasteiger partial charge in [-0.1, -0.05) is 25.0 Å². The highest BCUT2D eigenvalue weighted by Crippen LogP contribution is 2.26. The first-order valence-electron chi connectivity index (χ1n) is 8.21. The molecule has 0 bridgehead atoms. The maximum Gasteiger partial charge on any atom is 0.251 e. The van der Waals surface area contributed by atoms with Gasteiger partial charge in [-0.2, -0.15) is 0 Å². The van der Waals surface area contributed by atoms with Crippen molar-refractivity contribution in [1.82, 2.24) is 10.3 Å². The van der Waals surface area contributed by atoms with Gasteiger partial charge in [0.25, 0.3) is 5.91 Å². The van der Waals surface area contributed by atoms with E-state index in [9.17, 15) is 4.79 Å². The van der Waals surface area contributed by atoms with Gasteiger partial charge < -0.3 is 11.1 Å². The Labute approximate surface area is 141 Å². The molecule has 1 amide bonds. The topological polar surface area (TPSA) is 68.0 Å². The first-order chi connectivity index (χ1) is 11.2. The van der Waals surface area contributed by atoms with Gasteiger partial charge in [-0.3, -0.25) is 4.79 Å². The number of nitrogens with one attached hydrogen (secondary N) is 1. The average Bonchev–Trinajstić information content (AvgIpc) is 3.02. The molecule has 0 spiro atoms. The van der Waals surface area contributed by atoms with Crippen LogP contribution in [0, 0.1) is 12.8 Å². The van der Waals surface area contributed by atoms with Crippen LogP contribution < -0.4 is 11.1 Å². The number of nitrogens with two attached hydrogens (primary N) is 1. The number of thiazole rings is 1. The summed E-state index contributed by atoms with van der Waals surface area (Å²) >= 11 is 1.60. The van der Waals surface area contributed by atoms with E-state index >= 15 is 0 Å². The third-order valence-corrected chi connectivity index (χ3v) is 5.53. The van der Waals surface area contributed by atoms with Crippen molar-refractivity contribution in [2.75, 3.05) is 6.54 Å². The normalized spacial score (nSPS) is 21.1. The second-order valence-corrected chi connectivity index (χ2v) is 7.09. The van der Waals surface area contributed by atoms with Crippen molar-refractivity contribution in [3.8, 4) is 10.6 Å². The number of hydrogen-bond acceptors (Lipinski definition) is 4. The number of carbonyl (C=O) groups is 1. The van der Waals surface area contributed by atoms with E-state index in [-0.39, 0.29) is 11.9 Å². The molecule has 2 atom stereocenters. The number of hydrogen-bond donors (Lipinski definition) is 2. The highest BCUT2D eigenvalue weighted by molar-refractivity contribution is 7.13. The van der Waals surface area contributed by atoms with Gasteiger partial charge in [0, 0.05) is 28.2 Å². The quantitative estimate of drug-likeness (QED) is 0.903. The molecule has 122 valence electrons. The number of aromatic nitrogens is 1. The number of nitrogens with zero attached hydrogens (tertiary/aromatic N) is 1. The molecule has 5 heteroatoms. The lowest BCUT2D eigenvalue weighted by Crippen LogP contribution is -2.44. The monoisotopic (exact) mass is 329 g/mol. The van der Waals surface area contributed by atoms with Gasteiger partial charge >= 0.3 is 0 Å². The molecule has 1 saturated carbocycles. The van der Waals surface area contributed by atoms with Crippen LogP contribution in [0.3, 0.4) is 0 Å². The molecule has 2 aromatic rings. The predicted molar refractivity (Wildman–Crippen MR) is 94.6 cm³/mol. The fourth-order valence-electron chi connectivity index (χ4n) is 3.21. The number of rotatable bonds is 4. The Morgan fingerprint density at radius 2 is 2.22 bits per heavy atom. The van der Waals surface area contributed by atoms with E-state index in [1.807, 2.05) is 36.6 Å². The summed E-state index contributed by atoms with van der Waals surface area (Å²) in [5, 5.41) is 6.16. The van der Waals surface area contributed by atoms with Crippen LogP contribution in [0.2, 0.25) is 0 Å². The zero-order valence-electron chi connectivity index (χ0n) is 13.4. The van der Waals surface area contributed by atoms with Crippen LogP contribution in [0.1, 0.15) is 41.7 Å². The van der Waals surface area contributed by atoms with Crippen LogP contribution in [0.25, 0.3) is 10.6 Å². The van der Waals surface area contributed by atoms with Crippen molar-refractivity contribution in [2.24, 2.45) is 11.7 Å². The molecular weight excluding hydrogens is 306 g/mol. The van der Waals surface area contributed by atoms with Crippen molar-refractivity contribution in [3.63, 3.8) is 0 Å². The van der Waals surface area contributed by atoms with E-state index in [1.54, 1.807) is 11.3 Å². The summed E-state index contributed by atoms with van der Waals surface area (Å²) in [6.07, 6.45) is 4.52. The van der Waals surface area contributed by atoms with Crippen LogP contribution >= 0.6 is 11.3 Å². The Morgan fingerprint density at radius 3 is 2.96 bits per heavy atom. The lowest BCUT2D eigenvalue weighted by molar-refractivity contribution is 0.0908. The van der Waals surface area contributed by atoms with Crippen molar-refractivity contribution in [1.29, 1.82) is 0 Å². The zero-order chi connectivity index (χ0) is 16.2. The van der Waals surface area contributed by atoms with E-state index in [4.69, 9.17) is 5.73 Å². The molecule has 0 aliphatic heterocycles. The smallest absolute Gasteiger partial charge is 0.251 e. The van der Waals surface area contributed by atoms with Gasteiger partial charge in [0.1, 0.15) is 5.01 Å². The zero-order valence-corrected chi connectivity index (χ0v) is 14.2. The van der Waals surface area contributed by atoms with E-state index in [2.05, 4.69) is 10.3 Å². The summed E-state index contributed by atoms with van der Waals surface area (Å²) in [6.45, 7) is 2.62. The summed E-state index contributed by atoms with van der Waals surface area (Å²) in [6, 6.07) is 7.90. The lowest BCUT2D eigenvalue weighted by atomic mass is 9.84. The van der Waals surface area contributed by atoms with Gasteiger partial charge in [0.15, 0.2) is 0 Å². The summed E-state index contributed by atoms with van der Waals surface area (Å²) in [4.78, 5) is 17.1. The Morgan fingerprint density at radius 1 is 1.39 bits per heavy atom. The molecule has 1 aromatic heterocycles. The maximum absolute atomic E-state index is 12.6. The largest absolute Gasteiger partial charge is 0.349 e. The summed E-state index contributed by atoms with van der Waals surface area (Å²) in [5.74, 6) is 0.392. The molecule has 3 rings (SSSR count). The number of benzene rings is 1. The Balaban J connectivity index is 1.74. The first-order valence-corrected chi connectivity index (χ1v) is 9.09. The predicted octanol–water partition coefficient (Wildman–Crippen LogP) is 3.37. The van der Waals surface area contributed by atoms with Crippen LogP contribution in [0.15, 0.2) is 29.6 Å². The molecule has 2 unspecified atom stereocenters. The Bertz CT molecular complexity index is 682. The molecular formula is C18H23N3OS. The third-order valence-electron chi connectivity index (χ3n) is 4.52. The van der Waals surface area contributed by atoms with Gasteiger partial charge in [-0.25, -0.2) is 4.98 Å². The van der Waals surface area contributed by atoms with Crippen molar-refractivity contribution in [2.45, 2.75) is 38.6 Å². The standard InChI is InChI=1S/C18H23N3OS/c1-12-11-23-18(20-12)14-7-4-6-13(9-14)17(22)21-16-8-3-2-5-15(16)10-19/h4,6-7,9,11,15-16H,2-3,5,8,10,19H2,1H3,(H,21,22). The number of amides is 1. The van der Waals surface area contributed by atoms with Gasteiger partial charge in [-0.15, -0.1) is 11.3 Å². The number of aryl methyl sites for hydroxylation is 1. The van der Waals surface area contributed by atoms with Crippen molar-refractivity contribution < 1.29 is 4.79 Å². The van der Waals surface area contributed by atoms with Gasteiger partial charge in [-0.05, 0) is 44.4 Å². The van der Waals surface area contributed by atoms with E-state index < -0.39 is 0 Å². The fourth-order valence-corrected chi connectivity index (χ4v) is 4.01. The summed E-state index contributed by atoms with van der Waals surface area (Å²) in [7, 11) is 0. The van der Waals surface area contributed by atoms with Gasteiger partial charge in [0.2, 0.25) is 0 Å². The number of carbonyl (C=O) groups excluding carboxylic acids is 1. The molecule has 0 saturated heterocycles. The van der Waals surface area contributed by atoms with E-state index in [0.717, 1.165) is 29.1 Å². The van der Waals surface area contributed by atoms with Crippen molar-refractivity contribution >= 4 is 17.2 Å². The second-order valence-electron chi connectivity index (χ2n) is 6.24. The molecule has 1 aliphatic carbocycles. The van der Waals surface area contributed by atoms with Gasteiger partial charge in [0.05, 0.1) is 0 Å². The van der Waals surface area contributed by atoms with Crippen LogP contribution in [0.5, 0.6) is 0 Å². The highest BCUT2D eigenvalue weighted by Gasteiger charge is 2.25. The van der Waals surface area contributed by atoms with E-state index in [1.165, 1.54) is 12.8 Å². The molecule has 1 fully saturated rings. The SMILES string of the molecule is Cc1csc(-c2cccc(C(=O)NC3CCCCC3CN)c2)n1. The molecule has 1 aromatic carbocycles. The minimum atomic E-state index is -0.00882. The van der Waals surface area contributed by atoms with Crippen LogP contribution in [-0.4, -0.2) is 23.5 Å². The molecule has 0 radical (unpaired) electrons. The second kappa shape index (κ2) is 7.23. The third kappa shape index (κ3) is 3.79. The minimum absolute atomic E-state index is 0.00882. The fraction of sp³-hybridized carbons (Fsp3) is 0.444. The average molecular weight is 329 g/mol. The van der Waals surface area contributed by atoms with Crippen LogP contribution in [-0.2, 0) is 0 Å². The summed E-state index contributed by atoms with van der Waals surface area (Å²) in [5.41, 5.74) is 8.55. The van der Waals surface area contributed by atoms with Crippen molar-refractivity contribution in [3.05, 3.63) is 40.9 Å². The van der Waals surface area contributed by atoms with E-state index in [0.29, 0.717) is 18.0 Å². The first kappa shape index (κ1) is 16.1. The highest BCUT2D eigenvalue weighted by atomic mass is 32.1. The molecule has 23 heavy (non-hydrogen) atoms. The van der Waals surface area contributed by atoms with Crippen LogP contribution in [0.4, 0.5) is 0 Å². The minimum Gasteiger partial charge on any atom is -0.349 e. The lowest BCUT2D eigenvalue weighted by Gasteiger charge is -2.31. The molecule has 3 N–H and O–H groups in total.